The first-order chi connectivity index (χ1) is 26.4. The van der Waals surface area contributed by atoms with Crippen molar-refractivity contribution in [2.75, 3.05) is 13.1 Å². The number of nitrogens with one attached hydrogen (secondary N) is 6. The highest BCUT2D eigenvalue weighted by Gasteiger charge is 2.30. The van der Waals surface area contributed by atoms with E-state index in [2.05, 4.69) is 31.9 Å². The molecule has 0 radical (unpaired) electrons. The number of rotatable bonds is 26. The first-order valence-corrected chi connectivity index (χ1v) is 18.3. The molecule has 320 valence electrons. The molecule has 1 aromatic carbocycles. The number of carboxylic acid groups (broad SMARTS) is 2. The van der Waals surface area contributed by atoms with Gasteiger partial charge in [-0.1, -0.05) is 12.1 Å². The molecule has 57 heavy (non-hydrogen) atoms. The quantitative estimate of drug-likeness (QED) is 0.0437. The van der Waals surface area contributed by atoms with Gasteiger partial charge in [-0.15, -0.1) is 0 Å². The number of aliphatic hydroxyl groups excluding tert-OH is 1. The molecule has 0 saturated heterocycles. The Hall–Kier alpha value is -5.38. The maximum atomic E-state index is 13.0. The van der Waals surface area contributed by atoms with Gasteiger partial charge in [0.1, 0.15) is 18.0 Å². The number of aliphatic hydroxyl groups is 1. The van der Waals surface area contributed by atoms with E-state index in [1.54, 1.807) is 13.8 Å². The van der Waals surface area contributed by atoms with Gasteiger partial charge < -0.3 is 69.5 Å². The number of nitrogens with two attached hydrogens (primary N) is 3. The molecule has 6 amide bonds. The normalized spacial score (nSPS) is 14.1. The number of phenols is 1. The van der Waals surface area contributed by atoms with E-state index >= 15 is 0 Å². The van der Waals surface area contributed by atoms with E-state index in [0.717, 1.165) is 0 Å². The van der Waals surface area contributed by atoms with E-state index in [4.69, 9.17) is 17.2 Å². The highest BCUT2D eigenvalue weighted by molar-refractivity contribution is 5.91. The zero-order chi connectivity index (χ0) is 43.5. The van der Waals surface area contributed by atoms with Crippen molar-refractivity contribution >= 4 is 47.4 Å². The van der Waals surface area contributed by atoms with Crippen LogP contribution in [0.25, 0.3) is 0 Å². The molecule has 21 heteroatoms. The second-order valence-corrected chi connectivity index (χ2v) is 15.1. The second kappa shape index (κ2) is 23.6. The molecule has 1 aromatic rings. The number of hydrogen-bond acceptors (Lipinski definition) is 13. The average molecular weight is 810 g/mol. The number of phenolic OH excluding ortho intramolecular Hbond substituents is 1. The lowest BCUT2D eigenvalue weighted by atomic mass is 9.98. The molecule has 5 atom stereocenters. The van der Waals surface area contributed by atoms with E-state index in [1.165, 1.54) is 38.1 Å². The summed E-state index contributed by atoms with van der Waals surface area (Å²) in [7, 11) is 0. The number of carboxylic acids is 2. The highest BCUT2D eigenvalue weighted by Crippen LogP contribution is 2.20. The predicted molar refractivity (Wildman–Crippen MR) is 204 cm³/mol. The summed E-state index contributed by atoms with van der Waals surface area (Å²) in [6, 6.07) is 1.13. The number of amides is 6. The third kappa shape index (κ3) is 22.1. The Labute approximate surface area is 330 Å². The van der Waals surface area contributed by atoms with Crippen molar-refractivity contribution in [2.24, 2.45) is 17.2 Å². The van der Waals surface area contributed by atoms with Crippen LogP contribution >= 0.6 is 0 Å². The molecule has 0 unspecified atom stereocenters. The molecule has 0 heterocycles. The van der Waals surface area contributed by atoms with Crippen LogP contribution in [0.15, 0.2) is 24.3 Å². The summed E-state index contributed by atoms with van der Waals surface area (Å²) in [5.74, 6) is -7.08. The molecular weight excluding hydrogens is 750 g/mol. The Bertz CT molecular complexity index is 1550. The fraction of sp³-hybridized carbons (Fsp3) is 0.611. The summed E-state index contributed by atoms with van der Waals surface area (Å²) in [5, 5.41) is 53.5. The second-order valence-electron chi connectivity index (χ2n) is 15.1. The molecule has 0 fully saturated rings. The van der Waals surface area contributed by atoms with E-state index in [0.29, 0.717) is 6.42 Å². The van der Waals surface area contributed by atoms with E-state index in [9.17, 15) is 58.8 Å². The van der Waals surface area contributed by atoms with Crippen LogP contribution < -0.4 is 49.1 Å². The summed E-state index contributed by atoms with van der Waals surface area (Å²) >= 11 is 0. The highest BCUT2D eigenvalue weighted by atomic mass is 16.4. The molecule has 0 spiro atoms. The molecule has 0 aliphatic carbocycles. The Morgan fingerprint density at radius 2 is 1.12 bits per heavy atom. The lowest BCUT2D eigenvalue weighted by Crippen LogP contribution is -2.51. The van der Waals surface area contributed by atoms with Gasteiger partial charge in [-0.3, -0.25) is 38.4 Å². The smallest absolute Gasteiger partial charge is 0.305 e. The Balaban J connectivity index is 2.77. The van der Waals surface area contributed by atoms with Crippen LogP contribution in [0.5, 0.6) is 5.75 Å². The van der Waals surface area contributed by atoms with Crippen molar-refractivity contribution in [3.63, 3.8) is 0 Å². The molecule has 0 aliphatic heterocycles. The molecule has 0 saturated carbocycles. The number of hydrogen-bond donors (Lipinski definition) is 13. The Morgan fingerprint density at radius 1 is 0.632 bits per heavy atom. The van der Waals surface area contributed by atoms with Crippen LogP contribution in [0.3, 0.4) is 0 Å². The molecular formula is C36H59N9O12. The Morgan fingerprint density at radius 3 is 1.63 bits per heavy atom. The monoisotopic (exact) mass is 809 g/mol. The van der Waals surface area contributed by atoms with Crippen LogP contribution in [0.1, 0.15) is 97.1 Å². The minimum Gasteiger partial charge on any atom is -0.508 e. The van der Waals surface area contributed by atoms with Crippen LogP contribution in [0, 0.1) is 0 Å². The van der Waals surface area contributed by atoms with Crippen molar-refractivity contribution in [3.05, 3.63) is 29.8 Å². The number of benzene rings is 1. The molecule has 0 aliphatic rings. The first-order valence-electron chi connectivity index (χ1n) is 18.3. The van der Waals surface area contributed by atoms with Gasteiger partial charge in [0, 0.05) is 48.8 Å². The van der Waals surface area contributed by atoms with Gasteiger partial charge in [0.15, 0.2) is 0 Å². The molecule has 21 nitrogen and oxygen atoms in total. The van der Waals surface area contributed by atoms with Crippen LogP contribution in [0.4, 0.5) is 0 Å². The van der Waals surface area contributed by atoms with Gasteiger partial charge >= 0.3 is 11.9 Å². The fourth-order valence-corrected chi connectivity index (χ4v) is 5.66. The Kier molecular flexibility index (Phi) is 20.6. The predicted octanol–water partition coefficient (Wildman–Crippen LogP) is -2.33. The topological polar surface area (TPSA) is 368 Å². The zero-order valence-corrected chi connectivity index (χ0v) is 32.8. The van der Waals surface area contributed by atoms with E-state index < -0.39 is 102 Å². The van der Waals surface area contributed by atoms with Gasteiger partial charge in [-0.25, -0.2) is 0 Å². The van der Waals surface area contributed by atoms with Gasteiger partial charge in [0.05, 0.1) is 25.3 Å². The minimum atomic E-state index is -1.80. The summed E-state index contributed by atoms with van der Waals surface area (Å²) in [6.07, 6.45) is -4.21. The van der Waals surface area contributed by atoms with Crippen molar-refractivity contribution < 1.29 is 58.8 Å². The molecule has 16 N–H and O–H groups in total. The number of carbonyl (C=O) groups is 8. The van der Waals surface area contributed by atoms with Crippen LogP contribution in [0.2, 0.25) is 0 Å². The average Bonchev–Trinajstić information content (AvgIpc) is 3.02. The lowest BCUT2D eigenvalue weighted by Gasteiger charge is -2.28. The standard InChI is InChI=1S/C36H59N9O12/c1-35(2,39)18-30(51)41-21(9-11-37)13-26(47)40-22(10-12-38)14-29(50)45-36(3,4)19-31(52)44-28(49)17-27(48)42-25(16-33(55)56)34(57)43-24(15-32(53)54)20-5-7-23(46)8-6-20/h5-8,21-22,24-25,28,46,49H,9-19,37-39H2,1-4H3,(H,40,47)(H,41,51)(H,42,48)(H,43,57)(H,44,52)(H,45,50)(H,53,54)(H,55,56)/t21-,22-,24+,25+,28+/m0/s1. The zero-order valence-electron chi connectivity index (χ0n) is 32.8. The van der Waals surface area contributed by atoms with Gasteiger partial charge in [-0.2, -0.15) is 0 Å². The number of aliphatic carboxylic acids is 2. The van der Waals surface area contributed by atoms with E-state index in [1.807, 2.05) is 0 Å². The maximum Gasteiger partial charge on any atom is 0.305 e. The van der Waals surface area contributed by atoms with Gasteiger partial charge in [0.2, 0.25) is 35.4 Å². The third-order valence-corrected chi connectivity index (χ3v) is 8.05. The van der Waals surface area contributed by atoms with Crippen molar-refractivity contribution in [1.29, 1.82) is 0 Å². The van der Waals surface area contributed by atoms with Crippen LogP contribution in [-0.4, -0.2) is 116 Å². The van der Waals surface area contributed by atoms with Crippen molar-refractivity contribution in [1.82, 2.24) is 31.9 Å². The number of carbonyl (C=O) groups excluding carboxylic acids is 6. The molecule has 0 aromatic heterocycles. The minimum absolute atomic E-state index is 0.0343. The SMILES string of the molecule is CC(C)(N)CC(=O)N[C@@H](CCN)CC(=O)N[C@@H](CCN)CC(=O)NC(C)(C)CC(=O)N[C@H](O)CC(=O)N[C@H](CC(=O)O)C(=O)N[C@H](CC(=O)O)c1ccc(O)cc1. The fourth-order valence-electron chi connectivity index (χ4n) is 5.66. The maximum absolute atomic E-state index is 13.0. The molecule has 1 rings (SSSR count). The first kappa shape index (κ1) is 49.6. The van der Waals surface area contributed by atoms with Crippen LogP contribution in [-0.2, 0) is 38.4 Å². The lowest BCUT2D eigenvalue weighted by molar-refractivity contribution is -0.142. The summed E-state index contributed by atoms with van der Waals surface area (Å²) in [6.45, 7) is 6.77. The van der Waals surface area contributed by atoms with E-state index in [-0.39, 0.29) is 62.4 Å². The summed E-state index contributed by atoms with van der Waals surface area (Å²) in [4.78, 5) is 99.6. The van der Waals surface area contributed by atoms with Crippen molar-refractivity contribution in [3.8, 4) is 5.75 Å². The van der Waals surface area contributed by atoms with Gasteiger partial charge in [0.25, 0.3) is 0 Å². The third-order valence-electron chi connectivity index (χ3n) is 8.05. The molecule has 0 bridgehead atoms. The largest absolute Gasteiger partial charge is 0.508 e. The summed E-state index contributed by atoms with van der Waals surface area (Å²) < 4.78 is 0. The van der Waals surface area contributed by atoms with Crippen molar-refractivity contribution in [2.45, 2.75) is 127 Å². The summed E-state index contributed by atoms with van der Waals surface area (Å²) in [5.41, 5.74) is 15.6. The van der Waals surface area contributed by atoms with Gasteiger partial charge in [-0.05, 0) is 71.3 Å². The number of aromatic hydroxyl groups is 1.